The van der Waals surface area contributed by atoms with Crippen LogP contribution in [-0.2, 0) is 7.05 Å². The fraction of sp³-hybridized carbons (Fsp3) is 0.478. The first-order valence-electron chi connectivity index (χ1n) is 10.4. The largest absolute Gasteiger partial charge is 0.493 e. The van der Waals surface area contributed by atoms with E-state index in [4.69, 9.17) is 4.74 Å². The highest BCUT2D eigenvalue weighted by molar-refractivity contribution is 5.88. The van der Waals surface area contributed by atoms with Gasteiger partial charge in [0.2, 0.25) is 5.82 Å². The topological polar surface area (TPSA) is 76.6 Å². The van der Waals surface area contributed by atoms with Crippen LogP contribution in [0.1, 0.15) is 55.7 Å². The number of hydrogen-bond donors (Lipinski definition) is 0. The predicted octanol–water partition coefficient (Wildman–Crippen LogP) is 5.29. The molecule has 6 nitrogen and oxygen atoms in total. The van der Waals surface area contributed by atoms with E-state index in [-0.39, 0.29) is 18.2 Å². The molecular weight excluding hydrogens is 398 g/mol. The van der Waals surface area contributed by atoms with Crippen LogP contribution in [-0.4, -0.2) is 26.1 Å². The number of hydrogen-bond acceptors (Lipinski definition) is 5. The molecule has 4 rings (SSSR count). The lowest BCUT2D eigenvalue weighted by Gasteiger charge is -2.21. The molecule has 2 heterocycles. The van der Waals surface area contributed by atoms with Gasteiger partial charge in [-0.2, -0.15) is 10.2 Å². The van der Waals surface area contributed by atoms with Crippen molar-refractivity contribution in [2.75, 3.05) is 6.61 Å². The summed E-state index contributed by atoms with van der Waals surface area (Å²) in [6.45, 7) is 4.74. The molecule has 0 saturated heterocycles. The van der Waals surface area contributed by atoms with Crippen molar-refractivity contribution < 1.29 is 4.74 Å². The zero-order chi connectivity index (χ0) is 20.4. The Hall–Kier alpha value is -2.65. The van der Waals surface area contributed by atoms with E-state index in [2.05, 4.69) is 27.1 Å². The Balaban J connectivity index is 0.00000256. The summed E-state index contributed by atoms with van der Waals surface area (Å²) in [7, 11) is 1.90. The van der Waals surface area contributed by atoms with Crippen LogP contribution in [0.5, 0.6) is 5.75 Å². The Morgan fingerprint density at radius 1 is 1.13 bits per heavy atom. The molecule has 0 atom stereocenters. The lowest BCUT2D eigenvalue weighted by atomic mass is 9.87. The summed E-state index contributed by atoms with van der Waals surface area (Å²) >= 11 is 0. The molecule has 30 heavy (non-hydrogen) atoms. The summed E-state index contributed by atoms with van der Waals surface area (Å²) in [5.41, 5.74) is 4.06. The molecule has 1 aliphatic carbocycles. The van der Waals surface area contributed by atoms with E-state index in [1.807, 2.05) is 37.6 Å². The quantitative estimate of drug-likeness (QED) is 0.555. The van der Waals surface area contributed by atoms with Crippen LogP contribution in [0.2, 0.25) is 0 Å². The summed E-state index contributed by atoms with van der Waals surface area (Å²) in [4.78, 5) is 13.4. The van der Waals surface area contributed by atoms with Crippen molar-refractivity contribution in [2.24, 2.45) is 13.0 Å². The van der Waals surface area contributed by atoms with E-state index in [0.29, 0.717) is 11.3 Å². The van der Waals surface area contributed by atoms with Gasteiger partial charge in [0.1, 0.15) is 28.9 Å². The summed E-state index contributed by atoms with van der Waals surface area (Å²) in [5.74, 6) is 2.72. The summed E-state index contributed by atoms with van der Waals surface area (Å²) in [5, 5.41) is 9.34. The second-order valence-corrected chi connectivity index (χ2v) is 8.02. The van der Waals surface area contributed by atoms with E-state index in [0.717, 1.165) is 47.2 Å². The Morgan fingerprint density at radius 2 is 1.90 bits per heavy atom. The van der Waals surface area contributed by atoms with Gasteiger partial charge in [0.05, 0.1) is 6.61 Å². The number of aryl methyl sites for hydroxylation is 3. The summed E-state index contributed by atoms with van der Waals surface area (Å²) < 4.78 is 7.97. The number of benzene rings is 1. The third kappa shape index (κ3) is 4.41. The van der Waals surface area contributed by atoms with Crippen LogP contribution in [0.25, 0.3) is 22.4 Å². The molecule has 1 aromatic carbocycles. The number of halogens is 1. The van der Waals surface area contributed by atoms with Crippen molar-refractivity contribution in [1.29, 1.82) is 5.26 Å². The molecule has 0 spiro atoms. The van der Waals surface area contributed by atoms with E-state index in [1.165, 1.54) is 32.1 Å². The Morgan fingerprint density at radius 3 is 2.60 bits per heavy atom. The van der Waals surface area contributed by atoms with Gasteiger partial charge >= 0.3 is 0 Å². The zero-order valence-electron chi connectivity index (χ0n) is 17.8. The maximum atomic E-state index is 9.34. The summed E-state index contributed by atoms with van der Waals surface area (Å²) in [6.07, 6.45) is 7.93. The van der Waals surface area contributed by atoms with Crippen LogP contribution in [0.15, 0.2) is 18.2 Å². The molecule has 1 fully saturated rings. The molecule has 0 radical (unpaired) electrons. The second-order valence-electron chi connectivity index (χ2n) is 8.02. The van der Waals surface area contributed by atoms with Crippen LogP contribution in [0, 0.1) is 31.1 Å². The fourth-order valence-corrected chi connectivity index (χ4v) is 4.19. The van der Waals surface area contributed by atoms with E-state index in [1.54, 1.807) is 0 Å². The molecule has 7 heteroatoms. The highest BCUT2D eigenvalue weighted by Crippen LogP contribution is 2.31. The Bertz CT molecular complexity index is 1080. The number of rotatable bonds is 5. The molecular formula is C23H28ClN5O. The van der Waals surface area contributed by atoms with Crippen molar-refractivity contribution in [1.82, 2.24) is 19.5 Å². The minimum atomic E-state index is 0. The van der Waals surface area contributed by atoms with Crippen LogP contribution in [0.4, 0.5) is 0 Å². The molecule has 0 unspecified atom stereocenters. The van der Waals surface area contributed by atoms with Gasteiger partial charge in [0.25, 0.3) is 0 Å². The summed E-state index contributed by atoms with van der Waals surface area (Å²) in [6, 6.07) is 8.12. The molecule has 158 valence electrons. The maximum absolute atomic E-state index is 9.34. The smallest absolute Gasteiger partial charge is 0.234 e. The number of nitriles is 1. The van der Waals surface area contributed by atoms with Crippen molar-refractivity contribution in [2.45, 2.75) is 52.4 Å². The molecule has 2 aromatic heterocycles. The van der Waals surface area contributed by atoms with Crippen molar-refractivity contribution in [3.8, 4) is 23.1 Å². The molecule has 0 bridgehead atoms. The molecule has 1 saturated carbocycles. The van der Waals surface area contributed by atoms with Crippen molar-refractivity contribution in [3.63, 3.8) is 0 Å². The highest BCUT2D eigenvalue weighted by Gasteiger charge is 2.17. The first-order valence-corrected chi connectivity index (χ1v) is 10.4. The van der Waals surface area contributed by atoms with Crippen molar-refractivity contribution >= 4 is 23.6 Å². The average Bonchev–Trinajstić information content (AvgIpc) is 3.03. The maximum Gasteiger partial charge on any atom is 0.234 e. The number of nitrogens with zero attached hydrogens (tertiary/aromatic N) is 5. The van der Waals surface area contributed by atoms with E-state index in [9.17, 15) is 5.26 Å². The average molecular weight is 426 g/mol. The molecule has 3 aromatic rings. The SMILES string of the molecule is Cc1cc(-c2nc(C#N)nc3c2nc(C)n3C)ccc1OCCC1CCCCC1.Cl. The Kier molecular flexibility index (Phi) is 6.94. The standard InChI is InChI=1S/C23H27N5O.ClH/c1-15-13-18(9-10-19(15)29-12-11-17-7-5-4-6-8-17)21-22-23(27-20(14-24)26-21)28(3)16(2)25-22;/h9-10,13,17H,4-8,11-12H2,1-3H3;1H. The number of aromatic nitrogens is 4. The van der Waals surface area contributed by atoms with Gasteiger partial charge in [0, 0.05) is 12.6 Å². The molecule has 1 aliphatic rings. The van der Waals surface area contributed by atoms with Gasteiger partial charge in [0.15, 0.2) is 5.65 Å². The van der Waals surface area contributed by atoms with Gasteiger partial charge in [-0.3, -0.25) is 0 Å². The molecule has 0 amide bonds. The third-order valence-corrected chi connectivity index (χ3v) is 6.00. The first-order chi connectivity index (χ1) is 14.1. The fourth-order valence-electron chi connectivity index (χ4n) is 4.19. The highest BCUT2D eigenvalue weighted by atomic mass is 35.5. The van der Waals surface area contributed by atoms with Crippen LogP contribution >= 0.6 is 12.4 Å². The van der Waals surface area contributed by atoms with Crippen molar-refractivity contribution in [3.05, 3.63) is 35.4 Å². The monoisotopic (exact) mass is 425 g/mol. The number of fused-ring (bicyclic) bond motifs is 1. The minimum absolute atomic E-state index is 0. The predicted molar refractivity (Wildman–Crippen MR) is 120 cm³/mol. The molecule has 0 aliphatic heterocycles. The van der Waals surface area contributed by atoms with Gasteiger partial charge in [-0.15, -0.1) is 12.4 Å². The van der Waals surface area contributed by atoms with Gasteiger partial charge < -0.3 is 9.30 Å². The van der Waals surface area contributed by atoms with Gasteiger partial charge in [-0.05, 0) is 49.9 Å². The van der Waals surface area contributed by atoms with E-state index < -0.39 is 0 Å². The minimum Gasteiger partial charge on any atom is -0.493 e. The first kappa shape index (κ1) is 22.0. The Labute approximate surface area is 183 Å². The normalized spacial score (nSPS) is 14.3. The lowest BCUT2D eigenvalue weighted by molar-refractivity contribution is 0.245. The van der Waals surface area contributed by atoms with E-state index >= 15 is 0 Å². The second kappa shape index (κ2) is 9.44. The lowest BCUT2D eigenvalue weighted by Crippen LogP contribution is -2.11. The zero-order valence-corrected chi connectivity index (χ0v) is 18.6. The number of imidazole rings is 1. The third-order valence-electron chi connectivity index (χ3n) is 6.00. The van der Waals surface area contributed by atoms with Crippen LogP contribution in [0.3, 0.4) is 0 Å². The van der Waals surface area contributed by atoms with Gasteiger partial charge in [-0.25, -0.2) is 9.97 Å². The number of ether oxygens (including phenoxy) is 1. The van der Waals surface area contributed by atoms with Crippen LogP contribution < -0.4 is 4.74 Å². The van der Waals surface area contributed by atoms with Gasteiger partial charge in [-0.1, -0.05) is 32.1 Å². The molecule has 0 N–H and O–H groups in total.